The van der Waals surface area contributed by atoms with E-state index in [9.17, 15) is 4.79 Å². The number of urea groups is 1. The maximum atomic E-state index is 11.6. The third-order valence-electron chi connectivity index (χ3n) is 3.25. The quantitative estimate of drug-likeness (QED) is 0.823. The van der Waals surface area contributed by atoms with Crippen LogP contribution < -0.4 is 20.3 Å². The van der Waals surface area contributed by atoms with E-state index in [-0.39, 0.29) is 12.1 Å². The Morgan fingerprint density at radius 1 is 1.43 bits per heavy atom. The van der Waals surface area contributed by atoms with E-state index in [0.717, 1.165) is 31.7 Å². The Morgan fingerprint density at radius 3 is 3.00 bits per heavy atom. The number of rotatable bonds is 6. The maximum absolute atomic E-state index is 11.6. The Kier molecular flexibility index (Phi) is 5.59. The molecule has 7 nitrogen and oxygen atoms in total. The Labute approximate surface area is 125 Å². The summed E-state index contributed by atoms with van der Waals surface area (Å²) in [5.41, 5.74) is 0. The Hall–Kier alpha value is -2.05. The number of carbonyl (C=O) groups is 1. The number of ether oxygens (including phenoxy) is 1. The highest BCUT2D eigenvalue weighted by molar-refractivity contribution is 5.74. The molecule has 2 rings (SSSR count). The van der Waals surface area contributed by atoms with Gasteiger partial charge in [-0.1, -0.05) is 6.92 Å². The molecule has 0 aliphatic carbocycles. The summed E-state index contributed by atoms with van der Waals surface area (Å²) in [5.74, 6) is 1.32. The van der Waals surface area contributed by atoms with Crippen LogP contribution in [0.1, 0.15) is 26.7 Å². The van der Waals surface area contributed by atoms with Gasteiger partial charge in [0, 0.05) is 38.1 Å². The van der Waals surface area contributed by atoms with Crippen molar-refractivity contribution in [2.24, 2.45) is 0 Å². The van der Waals surface area contributed by atoms with Crippen molar-refractivity contribution in [1.29, 1.82) is 0 Å². The minimum atomic E-state index is -0.119. The SMILES string of the molecule is CCCOc1nccnc1N1CC[C@H](NC(=O)NCC)C1. The molecule has 2 heterocycles. The Bertz CT molecular complexity index is 468. The van der Waals surface area contributed by atoms with E-state index in [2.05, 4.69) is 32.4 Å². The fourth-order valence-corrected chi connectivity index (χ4v) is 2.30. The first kappa shape index (κ1) is 15.3. The monoisotopic (exact) mass is 293 g/mol. The van der Waals surface area contributed by atoms with Crippen molar-refractivity contribution < 1.29 is 9.53 Å². The van der Waals surface area contributed by atoms with E-state index in [1.54, 1.807) is 12.4 Å². The van der Waals surface area contributed by atoms with Gasteiger partial charge in [0.15, 0.2) is 5.82 Å². The van der Waals surface area contributed by atoms with Gasteiger partial charge in [-0.25, -0.2) is 14.8 Å². The topological polar surface area (TPSA) is 79.4 Å². The molecule has 0 aromatic carbocycles. The van der Waals surface area contributed by atoms with Gasteiger partial charge in [0.2, 0.25) is 0 Å². The standard InChI is InChI=1S/C14H23N5O2/c1-3-9-21-13-12(16-6-7-17-13)19-8-5-11(10-19)18-14(20)15-4-2/h6-7,11H,3-5,8-10H2,1-2H3,(H2,15,18,20)/t11-/m0/s1. The molecule has 116 valence electrons. The lowest BCUT2D eigenvalue weighted by molar-refractivity contribution is 0.238. The predicted octanol–water partition coefficient (Wildman–Crippen LogP) is 1.16. The predicted molar refractivity (Wildman–Crippen MR) is 80.6 cm³/mol. The molecular weight excluding hydrogens is 270 g/mol. The van der Waals surface area contributed by atoms with Gasteiger partial charge in [-0.2, -0.15) is 0 Å². The van der Waals surface area contributed by atoms with Crippen LogP contribution in [0.5, 0.6) is 5.88 Å². The molecule has 1 atom stereocenters. The van der Waals surface area contributed by atoms with Crippen molar-refractivity contribution >= 4 is 11.8 Å². The van der Waals surface area contributed by atoms with E-state index in [4.69, 9.17) is 4.74 Å². The average molecular weight is 293 g/mol. The first-order chi connectivity index (χ1) is 10.2. The first-order valence-corrected chi connectivity index (χ1v) is 7.47. The van der Waals surface area contributed by atoms with Gasteiger partial charge < -0.3 is 20.3 Å². The normalized spacial score (nSPS) is 17.6. The molecule has 1 aromatic heterocycles. The van der Waals surface area contributed by atoms with E-state index in [1.807, 2.05) is 6.92 Å². The molecule has 0 spiro atoms. The van der Waals surface area contributed by atoms with Crippen LogP contribution in [0.2, 0.25) is 0 Å². The zero-order valence-corrected chi connectivity index (χ0v) is 12.6. The lowest BCUT2D eigenvalue weighted by atomic mass is 10.3. The lowest BCUT2D eigenvalue weighted by Gasteiger charge is -2.19. The summed E-state index contributed by atoms with van der Waals surface area (Å²) < 4.78 is 5.64. The smallest absolute Gasteiger partial charge is 0.315 e. The molecule has 7 heteroatoms. The van der Waals surface area contributed by atoms with Gasteiger partial charge in [0.05, 0.1) is 6.61 Å². The molecule has 0 saturated carbocycles. The van der Waals surface area contributed by atoms with Gasteiger partial charge in [-0.3, -0.25) is 0 Å². The summed E-state index contributed by atoms with van der Waals surface area (Å²) >= 11 is 0. The number of nitrogens with one attached hydrogen (secondary N) is 2. The fraction of sp³-hybridized carbons (Fsp3) is 0.643. The van der Waals surface area contributed by atoms with Gasteiger partial charge >= 0.3 is 6.03 Å². The highest BCUT2D eigenvalue weighted by Gasteiger charge is 2.27. The lowest BCUT2D eigenvalue weighted by Crippen LogP contribution is -2.43. The molecule has 2 N–H and O–H groups in total. The second-order valence-electron chi connectivity index (χ2n) is 4.97. The number of amides is 2. The molecule has 21 heavy (non-hydrogen) atoms. The van der Waals surface area contributed by atoms with Crippen molar-refractivity contribution in [2.75, 3.05) is 31.1 Å². The highest BCUT2D eigenvalue weighted by atomic mass is 16.5. The summed E-state index contributed by atoms with van der Waals surface area (Å²) in [5, 5.41) is 5.71. The van der Waals surface area contributed by atoms with Gasteiger partial charge in [0.25, 0.3) is 5.88 Å². The minimum Gasteiger partial charge on any atom is -0.475 e. The molecular formula is C14H23N5O2. The highest BCUT2D eigenvalue weighted by Crippen LogP contribution is 2.26. The molecule has 1 aliphatic heterocycles. The second-order valence-corrected chi connectivity index (χ2v) is 4.97. The van der Waals surface area contributed by atoms with Gasteiger partial charge in [-0.05, 0) is 19.8 Å². The third kappa shape index (κ3) is 4.21. The maximum Gasteiger partial charge on any atom is 0.315 e. The molecule has 1 aromatic rings. The molecule has 1 aliphatic rings. The third-order valence-corrected chi connectivity index (χ3v) is 3.25. The number of aromatic nitrogens is 2. The molecule has 0 radical (unpaired) electrons. The largest absolute Gasteiger partial charge is 0.475 e. The van der Waals surface area contributed by atoms with Crippen LogP contribution in [0.4, 0.5) is 10.6 Å². The van der Waals surface area contributed by atoms with E-state index >= 15 is 0 Å². The molecule has 0 unspecified atom stereocenters. The van der Waals surface area contributed by atoms with Crippen molar-refractivity contribution in [1.82, 2.24) is 20.6 Å². The van der Waals surface area contributed by atoms with Crippen molar-refractivity contribution in [3.8, 4) is 5.88 Å². The van der Waals surface area contributed by atoms with Gasteiger partial charge in [-0.15, -0.1) is 0 Å². The summed E-state index contributed by atoms with van der Waals surface area (Å²) in [6.45, 7) is 6.76. The van der Waals surface area contributed by atoms with E-state index in [0.29, 0.717) is 19.0 Å². The first-order valence-electron chi connectivity index (χ1n) is 7.47. The number of anilines is 1. The molecule has 1 fully saturated rings. The minimum absolute atomic E-state index is 0.119. The number of carbonyl (C=O) groups excluding carboxylic acids is 1. The van der Waals surface area contributed by atoms with Crippen LogP contribution in [0.3, 0.4) is 0 Å². The Morgan fingerprint density at radius 2 is 2.24 bits per heavy atom. The molecule has 0 bridgehead atoms. The summed E-state index contributed by atoms with van der Waals surface area (Å²) in [6, 6.07) is 0.00327. The van der Waals surface area contributed by atoms with E-state index < -0.39 is 0 Å². The van der Waals surface area contributed by atoms with Gasteiger partial charge in [0.1, 0.15) is 0 Å². The molecule has 1 saturated heterocycles. The molecule has 2 amide bonds. The second kappa shape index (κ2) is 7.66. The van der Waals surface area contributed by atoms with E-state index in [1.165, 1.54) is 0 Å². The van der Waals surface area contributed by atoms with Crippen LogP contribution in [0.25, 0.3) is 0 Å². The average Bonchev–Trinajstić information content (AvgIpc) is 2.94. The zero-order valence-electron chi connectivity index (χ0n) is 12.6. The summed E-state index contributed by atoms with van der Waals surface area (Å²) in [6.07, 6.45) is 5.12. The fourth-order valence-electron chi connectivity index (χ4n) is 2.30. The number of nitrogens with zero attached hydrogens (tertiary/aromatic N) is 3. The number of hydrogen-bond acceptors (Lipinski definition) is 5. The van der Waals surface area contributed by atoms with Crippen LogP contribution in [0, 0.1) is 0 Å². The van der Waals surface area contributed by atoms with Crippen LogP contribution in [-0.4, -0.2) is 48.3 Å². The summed E-state index contributed by atoms with van der Waals surface area (Å²) in [4.78, 5) is 22.3. The van der Waals surface area contributed by atoms with Crippen LogP contribution in [0.15, 0.2) is 12.4 Å². The van der Waals surface area contributed by atoms with Crippen molar-refractivity contribution in [3.05, 3.63) is 12.4 Å². The van der Waals surface area contributed by atoms with Crippen molar-refractivity contribution in [2.45, 2.75) is 32.7 Å². The van der Waals surface area contributed by atoms with Crippen molar-refractivity contribution in [3.63, 3.8) is 0 Å². The zero-order chi connectivity index (χ0) is 15.1. The number of hydrogen-bond donors (Lipinski definition) is 2. The van der Waals surface area contributed by atoms with Crippen LogP contribution >= 0.6 is 0 Å². The Balaban J connectivity index is 1.96. The van der Waals surface area contributed by atoms with Crippen LogP contribution in [-0.2, 0) is 0 Å². The summed E-state index contributed by atoms with van der Waals surface area (Å²) in [7, 11) is 0.